The van der Waals surface area contributed by atoms with Gasteiger partial charge in [0.2, 0.25) is 10.0 Å². The second-order valence-corrected chi connectivity index (χ2v) is 7.76. The molecule has 2 N–H and O–H groups in total. The Hall–Kier alpha value is -0.730. The fourth-order valence-corrected chi connectivity index (χ4v) is 5.19. The van der Waals surface area contributed by atoms with Gasteiger partial charge >= 0.3 is 0 Å². The van der Waals surface area contributed by atoms with Crippen LogP contribution >= 0.6 is 22.7 Å². The smallest absolute Gasteiger partial charge is 0.242 e. The third-order valence-electron chi connectivity index (χ3n) is 2.65. The second-order valence-electron chi connectivity index (χ2n) is 4.06. The van der Waals surface area contributed by atoms with Crippen molar-refractivity contribution >= 4 is 32.7 Å². The van der Waals surface area contributed by atoms with E-state index >= 15 is 0 Å². The van der Waals surface area contributed by atoms with Gasteiger partial charge in [0.05, 0.1) is 11.5 Å². The normalized spacial score (nSPS) is 11.9. The summed E-state index contributed by atoms with van der Waals surface area (Å²) in [6.07, 6.45) is 0.675. The van der Waals surface area contributed by atoms with Gasteiger partial charge in [-0.15, -0.1) is 22.7 Å². The van der Waals surface area contributed by atoms with E-state index in [4.69, 9.17) is 0 Å². The summed E-state index contributed by atoms with van der Waals surface area (Å²) in [6.45, 7) is 1.85. The standard InChI is InChI=1S/C12H15NO3S3/c1-9-8-18-11(7-14)12(9)19(15,16)13-5-4-10-3-2-6-17-10/h2-3,6,8,13-14H,4-5,7H2,1H3. The van der Waals surface area contributed by atoms with Crippen molar-refractivity contribution in [3.63, 3.8) is 0 Å². The maximum Gasteiger partial charge on any atom is 0.242 e. The van der Waals surface area contributed by atoms with E-state index in [1.165, 1.54) is 11.3 Å². The summed E-state index contributed by atoms with van der Waals surface area (Å²) in [5.41, 5.74) is 0.678. The van der Waals surface area contributed by atoms with Crippen molar-refractivity contribution < 1.29 is 13.5 Å². The van der Waals surface area contributed by atoms with Crippen molar-refractivity contribution in [1.29, 1.82) is 0 Å². The zero-order valence-corrected chi connectivity index (χ0v) is 12.9. The Balaban J connectivity index is 2.07. The third kappa shape index (κ3) is 3.43. The number of aliphatic hydroxyl groups is 1. The SMILES string of the molecule is Cc1csc(CO)c1S(=O)(=O)NCCc1cccs1. The summed E-state index contributed by atoms with van der Waals surface area (Å²) in [5, 5.41) is 12.9. The van der Waals surface area contributed by atoms with Crippen LogP contribution in [0.15, 0.2) is 27.8 Å². The Kier molecular flexibility index (Phi) is 4.75. The second kappa shape index (κ2) is 6.15. The van der Waals surface area contributed by atoms with Crippen LogP contribution in [0.2, 0.25) is 0 Å². The highest BCUT2D eigenvalue weighted by Gasteiger charge is 2.22. The molecule has 0 bridgehead atoms. The molecular weight excluding hydrogens is 302 g/mol. The number of aliphatic hydroxyl groups excluding tert-OH is 1. The minimum atomic E-state index is -3.54. The molecule has 104 valence electrons. The van der Waals surface area contributed by atoms with E-state index in [0.717, 1.165) is 4.88 Å². The van der Waals surface area contributed by atoms with Crippen LogP contribution < -0.4 is 4.72 Å². The molecule has 7 heteroatoms. The van der Waals surface area contributed by atoms with E-state index in [0.29, 0.717) is 23.4 Å². The molecule has 0 aliphatic rings. The average molecular weight is 317 g/mol. The minimum absolute atomic E-state index is 0.228. The quantitative estimate of drug-likeness (QED) is 0.858. The van der Waals surface area contributed by atoms with Crippen LogP contribution in [0.25, 0.3) is 0 Å². The molecule has 19 heavy (non-hydrogen) atoms. The van der Waals surface area contributed by atoms with Crippen molar-refractivity contribution in [3.05, 3.63) is 38.2 Å². The van der Waals surface area contributed by atoms with Crippen LogP contribution in [-0.2, 0) is 23.1 Å². The van der Waals surface area contributed by atoms with Gasteiger partial charge in [-0.2, -0.15) is 0 Å². The van der Waals surface area contributed by atoms with Crippen molar-refractivity contribution in [2.24, 2.45) is 0 Å². The molecule has 0 aliphatic heterocycles. The van der Waals surface area contributed by atoms with Crippen LogP contribution in [0.5, 0.6) is 0 Å². The van der Waals surface area contributed by atoms with E-state index in [1.807, 2.05) is 17.5 Å². The predicted octanol–water partition coefficient (Wildman–Crippen LogP) is 2.13. The number of thiophene rings is 2. The lowest BCUT2D eigenvalue weighted by molar-refractivity contribution is 0.282. The van der Waals surface area contributed by atoms with Gasteiger partial charge in [0.1, 0.15) is 4.90 Å². The topological polar surface area (TPSA) is 66.4 Å². The predicted molar refractivity (Wildman–Crippen MR) is 78.2 cm³/mol. The maximum atomic E-state index is 12.2. The molecule has 2 heterocycles. The lowest BCUT2D eigenvalue weighted by atomic mass is 10.3. The molecule has 0 radical (unpaired) electrons. The summed E-state index contributed by atoms with van der Waals surface area (Å²) in [7, 11) is -3.54. The molecule has 0 spiro atoms. The van der Waals surface area contributed by atoms with Gasteiger partial charge in [0.15, 0.2) is 0 Å². The summed E-state index contributed by atoms with van der Waals surface area (Å²) in [5.74, 6) is 0. The first-order valence-corrected chi connectivity index (χ1v) is 8.98. The van der Waals surface area contributed by atoms with E-state index < -0.39 is 10.0 Å². The summed E-state index contributed by atoms with van der Waals surface area (Å²) >= 11 is 2.88. The van der Waals surface area contributed by atoms with Crippen molar-refractivity contribution in [2.75, 3.05) is 6.54 Å². The zero-order chi connectivity index (χ0) is 13.9. The number of rotatable bonds is 6. The van der Waals surface area contributed by atoms with Gasteiger partial charge in [0, 0.05) is 11.4 Å². The molecule has 0 atom stereocenters. The number of sulfonamides is 1. The molecule has 0 aromatic carbocycles. The number of aryl methyl sites for hydroxylation is 1. The summed E-state index contributed by atoms with van der Waals surface area (Å²) < 4.78 is 27.0. The Bertz CT molecular complexity index is 629. The van der Waals surface area contributed by atoms with Gasteiger partial charge in [-0.1, -0.05) is 6.07 Å². The van der Waals surface area contributed by atoms with Crippen molar-refractivity contribution in [1.82, 2.24) is 4.72 Å². The van der Waals surface area contributed by atoms with Crippen LogP contribution in [0.3, 0.4) is 0 Å². The van der Waals surface area contributed by atoms with Gasteiger partial charge in [0.25, 0.3) is 0 Å². The fraction of sp³-hybridized carbons (Fsp3) is 0.333. The zero-order valence-electron chi connectivity index (χ0n) is 10.4. The van der Waals surface area contributed by atoms with E-state index in [-0.39, 0.29) is 11.5 Å². The number of hydrogen-bond donors (Lipinski definition) is 2. The van der Waals surface area contributed by atoms with Gasteiger partial charge < -0.3 is 5.11 Å². The van der Waals surface area contributed by atoms with Crippen LogP contribution in [0, 0.1) is 6.92 Å². The van der Waals surface area contributed by atoms with E-state index in [2.05, 4.69) is 4.72 Å². The molecule has 2 aromatic rings. The molecule has 2 rings (SSSR count). The fourth-order valence-electron chi connectivity index (χ4n) is 1.79. The largest absolute Gasteiger partial charge is 0.391 e. The highest BCUT2D eigenvalue weighted by molar-refractivity contribution is 7.89. The molecule has 0 saturated heterocycles. The van der Waals surface area contributed by atoms with Crippen molar-refractivity contribution in [2.45, 2.75) is 24.8 Å². The van der Waals surface area contributed by atoms with Gasteiger partial charge in [-0.25, -0.2) is 13.1 Å². The molecule has 0 aliphatic carbocycles. The van der Waals surface area contributed by atoms with Crippen LogP contribution in [-0.4, -0.2) is 20.1 Å². The molecule has 0 unspecified atom stereocenters. The first-order valence-electron chi connectivity index (χ1n) is 5.74. The Morgan fingerprint density at radius 1 is 1.37 bits per heavy atom. The molecule has 0 amide bonds. The molecule has 4 nitrogen and oxygen atoms in total. The van der Waals surface area contributed by atoms with Crippen molar-refractivity contribution in [3.8, 4) is 0 Å². The van der Waals surface area contributed by atoms with Gasteiger partial charge in [-0.05, 0) is 35.7 Å². The average Bonchev–Trinajstić information content (AvgIpc) is 2.98. The Morgan fingerprint density at radius 3 is 2.79 bits per heavy atom. The first kappa shape index (κ1) is 14.7. The lowest BCUT2D eigenvalue weighted by Crippen LogP contribution is -2.26. The Morgan fingerprint density at radius 2 is 2.16 bits per heavy atom. The van der Waals surface area contributed by atoms with E-state index in [9.17, 15) is 13.5 Å². The number of hydrogen-bond acceptors (Lipinski definition) is 5. The Labute approximate surface area is 120 Å². The highest BCUT2D eigenvalue weighted by atomic mass is 32.2. The molecule has 2 aromatic heterocycles. The first-order chi connectivity index (χ1) is 9.04. The lowest BCUT2D eigenvalue weighted by Gasteiger charge is -2.07. The van der Waals surface area contributed by atoms with Gasteiger partial charge in [-0.3, -0.25) is 0 Å². The monoisotopic (exact) mass is 317 g/mol. The number of nitrogens with one attached hydrogen (secondary N) is 1. The third-order valence-corrected chi connectivity index (χ3v) is 6.49. The van der Waals surface area contributed by atoms with Crippen LogP contribution in [0.1, 0.15) is 15.3 Å². The summed E-state index contributed by atoms with van der Waals surface area (Å²) in [6, 6.07) is 3.93. The van der Waals surface area contributed by atoms with E-state index in [1.54, 1.807) is 23.6 Å². The highest BCUT2D eigenvalue weighted by Crippen LogP contribution is 2.26. The van der Waals surface area contributed by atoms with Crippen LogP contribution in [0.4, 0.5) is 0 Å². The maximum absolute atomic E-state index is 12.2. The minimum Gasteiger partial charge on any atom is -0.391 e. The molecule has 0 saturated carbocycles. The molecule has 0 fully saturated rings. The summed E-state index contributed by atoms with van der Waals surface area (Å²) in [4.78, 5) is 1.86. The molecular formula is C12H15NO3S3.